The Labute approximate surface area is 206 Å². The zero-order valence-electron chi connectivity index (χ0n) is 20.3. The lowest BCUT2D eigenvalue weighted by Crippen LogP contribution is -2.41. The molecule has 1 unspecified atom stereocenters. The number of hydrogen-bond donors (Lipinski definition) is 1. The summed E-state index contributed by atoms with van der Waals surface area (Å²) in [6.07, 6.45) is 2.22. The van der Waals surface area contributed by atoms with Gasteiger partial charge in [0.1, 0.15) is 11.9 Å². The maximum absolute atomic E-state index is 13.1. The van der Waals surface area contributed by atoms with Crippen LogP contribution >= 0.6 is 0 Å². The Morgan fingerprint density at radius 2 is 1.86 bits per heavy atom. The Kier molecular flexibility index (Phi) is 6.80. The number of nitrogens with zero attached hydrogens (tertiary/aromatic N) is 3. The number of benzene rings is 1. The van der Waals surface area contributed by atoms with E-state index in [9.17, 15) is 13.2 Å². The van der Waals surface area contributed by atoms with Crippen LogP contribution < -0.4 is 14.4 Å². The molecule has 0 radical (unpaired) electrons. The average molecular weight is 495 g/mol. The van der Waals surface area contributed by atoms with E-state index in [1.807, 2.05) is 37.3 Å². The number of rotatable bonds is 7. The predicted molar refractivity (Wildman–Crippen MR) is 134 cm³/mol. The van der Waals surface area contributed by atoms with E-state index in [-0.39, 0.29) is 28.1 Å². The molecule has 9 heteroatoms. The summed E-state index contributed by atoms with van der Waals surface area (Å²) in [4.78, 5) is 23.8. The standard InChI is InChI=1S/C26H30N4O4S/c1-18-16-26(3,4)30(17-18)24-21(12-9-15-27-24)25(31)29-35(32,33)23-14-8-13-22(28-23)34-19(2)20-10-6-5-7-11-20/h5-15,18-19H,16-17H2,1-4H3,(H,29,31)/t18?,19-/m1/s1. The maximum atomic E-state index is 13.1. The first-order valence-electron chi connectivity index (χ1n) is 11.6. The molecule has 1 fully saturated rings. The van der Waals surface area contributed by atoms with Gasteiger partial charge in [-0.05, 0) is 56.9 Å². The van der Waals surface area contributed by atoms with Crippen molar-refractivity contribution in [2.24, 2.45) is 5.92 Å². The van der Waals surface area contributed by atoms with Crippen LogP contribution in [0.4, 0.5) is 5.82 Å². The Hall–Kier alpha value is -3.46. The van der Waals surface area contributed by atoms with Gasteiger partial charge in [-0.15, -0.1) is 0 Å². The third-order valence-corrected chi connectivity index (χ3v) is 7.36. The van der Waals surface area contributed by atoms with Crippen LogP contribution in [0.2, 0.25) is 0 Å². The average Bonchev–Trinajstić information content (AvgIpc) is 3.11. The fraction of sp³-hybridized carbons (Fsp3) is 0.346. The fourth-order valence-electron chi connectivity index (χ4n) is 4.56. The van der Waals surface area contributed by atoms with Gasteiger partial charge < -0.3 is 9.64 Å². The summed E-state index contributed by atoms with van der Waals surface area (Å²) in [5.74, 6) is 0.286. The lowest BCUT2D eigenvalue weighted by Gasteiger charge is -2.33. The molecule has 1 aliphatic rings. The van der Waals surface area contributed by atoms with Crippen LogP contribution in [0.1, 0.15) is 56.1 Å². The van der Waals surface area contributed by atoms with Gasteiger partial charge in [-0.3, -0.25) is 4.79 Å². The number of anilines is 1. The molecule has 1 saturated heterocycles. The zero-order valence-corrected chi connectivity index (χ0v) is 21.1. The number of pyridine rings is 2. The minimum Gasteiger partial charge on any atom is -0.470 e. The molecule has 2 atom stereocenters. The summed E-state index contributed by atoms with van der Waals surface area (Å²) in [7, 11) is -4.25. The quantitative estimate of drug-likeness (QED) is 0.521. The van der Waals surface area contributed by atoms with Gasteiger partial charge in [0.2, 0.25) is 5.88 Å². The van der Waals surface area contributed by atoms with Crippen molar-refractivity contribution in [1.82, 2.24) is 14.7 Å². The molecule has 0 saturated carbocycles. The number of nitrogens with one attached hydrogen (secondary N) is 1. The first-order chi connectivity index (χ1) is 16.6. The summed E-state index contributed by atoms with van der Waals surface area (Å²) in [5.41, 5.74) is 0.923. The number of carbonyl (C=O) groups excluding carboxylic acids is 1. The van der Waals surface area contributed by atoms with Crippen LogP contribution in [0, 0.1) is 5.92 Å². The Morgan fingerprint density at radius 1 is 1.11 bits per heavy atom. The highest BCUT2D eigenvalue weighted by atomic mass is 32.2. The van der Waals surface area contributed by atoms with Gasteiger partial charge in [-0.2, -0.15) is 13.4 Å². The van der Waals surface area contributed by atoms with E-state index < -0.39 is 15.9 Å². The fourth-order valence-corrected chi connectivity index (χ4v) is 5.49. The number of ether oxygens (including phenoxy) is 1. The highest BCUT2D eigenvalue weighted by molar-refractivity contribution is 7.90. The molecular weight excluding hydrogens is 464 g/mol. The first kappa shape index (κ1) is 24.7. The van der Waals surface area contributed by atoms with E-state index in [0.29, 0.717) is 11.7 Å². The third-order valence-electron chi connectivity index (χ3n) is 6.13. The van der Waals surface area contributed by atoms with Gasteiger partial charge >= 0.3 is 0 Å². The van der Waals surface area contributed by atoms with Crippen molar-refractivity contribution >= 4 is 21.7 Å². The van der Waals surface area contributed by atoms with E-state index in [1.165, 1.54) is 12.1 Å². The molecule has 3 aromatic rings. The van der Waals surface area contributed by atoms with Crippen molar-refractivity contribution in [1.29, 1.82) is 0 Å². The number of amides is 1. The number of sulfonamides is 1. The van der Waals surface area contributed by atoms with Gasteiger partial charge in [0.15, 0.2) is 5.03 Å². The summed E-state index contributed by atoms with van der Waals surface area (Å²) >= 11 is 0. The van der Waals surface area contributed by atoms with Gasteiger partial charge in [-0.1, -0.05) is 43.3 Å². The van der Waals surface area contributed by atoms with Gasteiger partial charge in [0.25, 0.3) is 15.9 Å². The smallest absolute Gasteiger partial charge is 0.281 e. The molecule has 4 rings (SSSR count). The lowest BCUT2D eigenvalue weighted by atomic mass is 9.97. The Bertz CT molecular complexity index is 1310. The van der Waals surface area contributed by atoms with Crippen LogP contribution in [-0.4, -0.2) is 36.4 Å². The molecule has 1 amide bonds. The van der Waals surface area contributed by atoms with E-state index in [1.54, 1.807) is 24.4 Å². The molecule has 0 aliphatic carbocycles. The van der Waals surface area contributed by atoms with Gasteiger partial charge in [0.05, 0.1) is 5.56 Å². The number of carbonyl (C=O) groups is 1. The molecule has 1 aromatic carbocycles. The predicted octanol–water partition coefficient (Wildman–Crippen LogP) is 4.36. The molecule has 8 nitrogen and oxygen atoms in total. The maximum Gasteiger partial charge on any atom is 0.281 e. The van der Waals surface area contributed by atoms with Crippen molar-refractivity contribution in [2.45, 2.75) is 50.8 Å². The van der Waals surface area contributed by atoms with Crippen molar-refractivity contribution in [3.8, 4) is 5.88 Å². The topological polar surface area (TPSA) is 101 Å². The lowest BCUT2D eigenvalue weighted by molar-refractivity contribution is 0.0981. The molecule has 1 N–H and O–H groups in total. The minimum absolute atomic E-state index is 0.145. The van der Waals surface area contributed by atoms with Crippen LogP contribution in [-0.2, 0) is 10.0 Å². The highest BCUT2D eigenvalue weighted by Gasteiger charge is 2.39. The van der Waals surface area contributed by atoms with Crippen molar-refractivity contribution < 1.29 is 17.9 Å². The monoisotopic (exact) mass is 494 g/mol. The van der Waals surface area contributed by atoms with Crippen molar-refractivity contribution in [3.05, 3.63) is 78.0 Å². The van der Waals surface area contributed by atoms with Crippen molar-refractivity contribution in [3.63, 3.8) is 0 Å². The molecular formula is C26H30N4O4S. The normalized spacial score (nSPS) is 18.2. The van der Waals surface area contributed by atoms with E-state index in [2.05, 4.69) is 40.4 Å². The number of hydrogen-bond acceptors (Lipinski definition) is 7. The second-order valence-electron chi connectivity index (χ2n) is 9.53. The van der Waals surface area contributed by atoms with E-state index in [4.69, 9.17) is 4.74 Å². The minimum atomic E-state index is -4.25. The largest absolute Gasteiger partial charge is 0.470 e. The summed E-state index contributed by atoms with van der Waals surface area (Å²) < 4.78 is 34.1. The van der Waals surface area contributed by atoms with Gasteiger partial charge in [0, 0.05) is 24.3 Å². The second-order valence-corrected chi connectivity index (χ2v) is 11.2. The molecule has 2 aromatic heterocycles. The summed E-state index contributed by atoms with van der Waals surface area (Å²) in [5, 5.41) is -0.302. The molecule has 0 spiro atoms. The summed E-state index contributed by atoms with van der Waals surface area (Å²) in [6, 6.07) is 17.2. The molecule has 1 aliphatic heterocycles. The number of aromatic nitrogens is 2. The third kappa shape index (κ3) is 5.45. The Balaban J connectivity index is 1.55. The van der Waals surface area contributed by atoms with Crippen LogP contribution in [0.3, 0.4) is 0 Å². The van der Waals surface area contributed by atoms with Crippen LogP contribution in [0.5, 0.6) is 5.88 Å². The Morgan fingerprint density at radius 3 is 2.54 bits per heavy atom. The SMILES string of the molecule is CC1CN(c2ncccc2C(=O)NS(=O)(=O)c2cccc(O[C@H](C)c3ccccc3)n2)C(C)(C)C1. The molecule has 3 heterocycles. The van der Waals surface area contributed by atoms with Gasteiger partial charge in [-0.25, -0.2) is 9.71 Å². The summed E-state index contributed by atoms with van der Waals surface area (Å²) in [6.45, 7) is 8.92. The highest BCUT2D eigenvalue weighted by Crippen LogP contribution is 2.37. The van der Waals surface area contributed by atoms with E-state index in [0.717, 1.165) is 18.5 Å². The molecule has 0 bridgehead atoms. The molecule has 35 heavy (non-hydrogen) atoms. The van der Waals surface area contributed by atoms with Crippen LogP contribution in [0.25, 0.3) is 0 Å². The molecule has 184 valence electrons. The first-order valence-corrected chi connectivity index (χ1v) is 13.0. The van der Waals surface area contributed by atoms with Crippen LogP contribution in [0.15, 0.2) is 71.9 Å². The zero-order chi connectivity index (χ0) is 25.2. The van der Waals surface area contributed by atoms with E-state index >= 15 is 0 Å². The van der Waals surface area contributed by atoms with Crippen molar-refractivity contribution in [2.75, 3.05) is 11.4 Å². The second kappa shape index (κ2) is 9.65.